The number of ether oxygens (including phenoxy) is 1. The van der Waals surface area contributed by atoms with Crippen LogP contribution in [0.25, 0.3) is 0 Å². The average Bonchev–Trinajstić information content (AvgIpc) is 3.29. The molecule has 4 N–H and O–H groups in total. The number of ketones is 1. The van der Waals surface area contributed by atoms with Crippen molar-refractivity contribution in [3.63, 3.8) is 0 Å². The molecule has 0 radical (unpaired) electrons. The van der Waals surface area contributed by atoms with E-state index in [-0.39, 0.29) is 47.4 Å². The Kier molecular flexibility index (Phi) is 7.78. The van der Waals surface area contributed by atoms with Crippen molar-refractivity contribution in [2.45, 2.75) is 77.1 Å². The monoisotopic (exact) mass is 562 g/mol. The minimum absolute atomic E-state index is 0.0513. The summed E-state index contributed by atoms with van der Waals surface area (Å²) < 4.78 is 18.7. The van der Waals surface area contributed by atoms with Crippen molar-refractivity contribution in [1.29, 1.82) is 0 Å². The van der Waals surface area contributed by atoms with Crippen LogP contribution >= 0.6 is 0 Å². The van der Waals surface area contributed by atoms with E-state index in [0.717, 1.165) is 18.4 Å². The van der Waals surface area contributed by atoms with Gasteiger partial charge in [-0.2, -0.15) is 0 Å². The topological polar surface area (TPSA) is 137 Å². The molecule has 41 heavy (non-hydrogen) atoms. The van der Waals surface area contributed by atoms with Crippen LogP contribution in [0.3, 0.4) is 0 Å². The number of hydrogen-bond acceptors (Lipinski definition) is 7. The fourth-order valence-electron chi connectivity index (χ4n) is 7.20. The Bertz CT molecular complexity index is 1350. The summed E-state index contributed by atoms with van der Waals surface area (Å²) in [5, 5.41) is 12.8. The number of hydrogen-bond donors (Lipinski definition) is 3. The molecule has 1 saturated heterocycles. The fraction of sp³-hybridized carbons (Fsp3) is 0.516. The lowest BCUT2D eigenvalue weighted by Crippen LogP contribution is -2.65. The third kappa shape index (κ3) is 5.29. The van der Waals surface area contributed by atoms with Gasteiger partial charge < -0.3 is 30.2 Å². The summed E-state index contributed by atoms with van der Waals surface area (Å²) in [6.45, 7) is 8.15. The van der Waals surface area contributed by atoms with Gasteiger partial charge in [0.15, 0.2) is 5.78 Å². The molecule has 4 aliphatic rings. The first-order valence-corrected chi connectivity index (χ1v) is 14.2. The molecular weight excluding hydrogens is 523 g/mol. The highest BCUT2D eigenvalue weighted by Gasteiger charge is 2.68. The molecule has 0 spiro atoms. The van der Waals surface area contributed by atoms with Gasteiger partial charge >= 0.3 is 13.1 Å². The standard InChI is InChI=1S/C31H39BN2O7/c1-17(35)27(33)19-11-9-18(10-12-19)13-26(36)34-25(14-20-7-6-8-22(29(37)38)28(20)39-5)32-40-24-16-21-15-23(30(21,2)3)31(24,4)41-32/h6-12,21,23-25,27H,13-16,33H2,1-5H3,(H,34,36)(H,37,38). The number of para-hydroxylation sites is 1. The predicted octanol–water partition coefficient (Wildman–Crippen LogP) is 3.52. The third-order valence-corrected chi connectivity index (χ3v) is 9.76. The molecule has 4 fully saturated rings. The van der Waals surface area contributed by atoms with Crippen molar-refractivity contribution in [1.82, 2.24) is 5.32 Å². The predicted molar refractivity (Wildman–Crippen MR) is 153 cm³/mol. The van der Waals surface area contributed by atoms with Gasteiger partial charge in [-0.1, -0.05) is 50.2 Å². The number of methoxy groups -OCH3 is 1. The van der Waals surface area contributed by atoms with E-state index in [0.29, 0.717) is 23.0 Å². The first-order valence-electron chi connectivity index (χ1n) is 14.2. The lowest BCUT2D eigenvalue weighted by molar-refractivity contribution is -0.199. The van der Waals surface area contributed by atoms with Crippen LogP contribution in [0.1, 0.15) is 73.6 Å². The van der Waals surface area contributed by atoms with Crippen LogP contribution < -0.4 is 15.8 Å². The summed E-state index contributed by atoms with van der Waals surface area (Å²) in [6, 6.07) is 11.4. The van der Waals surface area contributed by atoms with Gasteiger partial charge in [0.25, 0.3) is 0 Å². The van der Waals surface area contributed by atoms with E-state index < -0.39 is 30.7 Å². The Morgan fingerprint density at radius 3 is 2.46 bits per heavy atom. The fourth-order valence-corrected chi connectivity index (χ4v) is 7.20. The molecule has 6 atom stereocenters. The Morgan fingerprint density at radius 1 is 1.15 bits per heavy atom. The zero-order valence-electron chi connectivity index (χ0n) is 24.3. The summed E-state index contributed by atoms with van der Waals surface area (Å²) in [4.78, 5) is 36.8. The molecule has 2 bridgehead atoms. The highest BCUT2D eigenvalue weighted by atomic mass is 16.7. The van der Waals surface area contributed by atoms with Crippen LogP contribution in [0.4, 0.5) is 0 Å². The second-order valence-electron chi connectivity index (χ2n) is 12.5. The van der Waals surface area contributed by atoms with Crippen LogP contribution in [0.2, 0.25) is 0 Å². The number of benzene rings is 2. The summed E-state index contributed by atoms with van der Waals surface area (Å²) in [6.07, 6.45) is 2.29. The van der Waals surface area contributed by atoms with Gasteiger partial charge in [-0.05, 0) is 73.1 Å². The van der Waals surface area contributed by atoms with E-state index in [9.17, 15) is 19.5 Å². The molecule has 10 heteroatoms. The Labute approximate surface area is 241 Å². The number of carbonyl (C=O) groups is 3. The first kappa shape index (κ1) is 29.3. The number of carboxylic acids is 1. The third-order valence-electron chi connectivity index (χ3n) is 9.76. The maximum absolute atomic E-state index is 13.4. The molecule has 3 saturated carbocycles. The zero-order chi connectivity index (χ0) is 29.7. The van der Waals surface area contributed by atoms with Gasteiger partial charge in [0, 0.05) is 0 Å². The molecule has 1 amide bonds. The summed E-state index contributed by atoms with van der Waals surface area (Å²) in [5.74, 6) is -0.866. The van der Waals surface area contributed by atoms with Crippen molar-refractivity contribution in [2.75, 3.05) is 7.11 Å². The van der Waals surface area contributed by atoms with Crippen molar-refractivity contribution < 1.29 is 33.5 Å². The lowest BCUT2D eigenvalue weighted by atomic mass is 9.43. The molecule has 0 aromatic heterocycles. The number of amides is 1. The number of carboxylic acid groups (broad SMARTS) is 1. The SMILES string of the molecule is COc1c(CC(NC(=O)Cc2ccc(C(N)C(C)=O)cc2)B2OC3CC4CC(C4(C)C)C3(C)O2)cccc1C(=O)O. The Morgan fingerprint density at radius 2 is 1.85 bits per heavy atom. The zero-order valence-corrected chi connectivity index (χ0v) is 24.3. The molecule has 1 heterocycles. The quantitative estimate of drug-likeness (QED) is 0.374. The van der Waals surface area contributed by atoms with E-state index in [4.69, 9.17) is 19.8 Å². The maximum atomic E-state index is 13.4. The maximum Gasteiger partial charge on any atom is 0.482 e. The molecule has 2 aromatic rings. The number of nitrogens with two attached hydrogens (primary N) is 1. The number of nitrogens with one attached hydrogen (secondary N) is 1. The number of Topliss-reactive ketones (excluding diaryl/α,β-unsaturated/α-hetero) is 1. The van der Waals surface area contributed by atoms with E-state index in [1.807, 2.05) is 0 Å². The van der Waals surface area contributed by atoms with E-state index in [1.54, 1.807) is 36.4 Å². The number of carbonyl (C=O) groups excluding carboxylic acids is 2. The summed E-state index contributed by atoms with van der Waals surface area (Å²) >= 11 is 0. The normalized spacial score (nSPS) is 27.3. The minimum atomic E-state index is -1.09. The van der Waals surface area contributed by atoms with Gasteiger partial charge in [-0.25, -0.2) is 4.79 Å². The van der Waals surface area contributed by atoms with Crippen LogP contribution in [-0.4, -0.2) is 54.6 Å². The molecular formula is C31H39BN2O7. The highest BCUT2D eigenvalue weighted by Crippen LogP contribution is 2.65. The summed E-state index contributed by atoms with van der Waals surface area (Å²) in [7, 11) is 0.729. The number of aromatic carboxylic acids is 1. The van der Waals surface area contributed by atoms with E-state index in [2.05, 4.69) is 26.1 Å². The Hall–Kier alpha value is -3.21. The van der Waals surface area contributed by atoms with Crippen molar-refractivity contribution in [2.24, 2.45) is 23.0 Å². The second-order valence-corrected chi connectivity index (χ2v) is 12.5. The molecule has 1 aliphatic heterocycles. The van der Waals surface area contributed by atoms with Crippen LogP contribution in [0, 0.1) is 17.3 Å². The van der Waals surface area contributed by atoms with Gasteiger partial charge in [0.05, 0.1) is 37.2 Å². The van der Waals surface area contributed by atoms with Crippen LogP contribution in [-0.2, 0) is 31.7 Å². The minimum Gasteiger partial charge on any atom is -0.496 e. The van der Waals surface area contributed by atoms with Crippen molar-refractivity contribution >= 4 is 24.8 Å². The van der Waals surface area contributed by atoms with E-state index in [1.165, 1.54) is 20.1 Å². The average molecular weight is 562 g/mol. The van der Waals surface area contributed by atoms with Gasteiger partial charge in [-0.15, -0.1) is 0 Å². The van der Waals surface area contributed by atoms with Gasteiger partial charge in [0.2, 0.25) is 5.91 Å². The van der Waals surface area contributed by atoms with Crippen LogP contribution in [0.15, 0.2) is 42.5 Å². The Balaban J connectivity index is 1.38. The van der Waals surface area contributed by atoms with Crippen LogP contribution in [0.5, 0.6) is 5.75 Å². The molecule has 9 nitrogen and oxygen atoms in total. The molecule has 218 valence electrons. The molecule has 6 unspecified atom stereocenters. The smallest absolute Gasteiger partial charge is 0.482 e. The van der Waals surface area contributed by atoms with Crippen molar-refractivity contribution in [3.8, 4) is 5.75 Å². The molecule has 2 aromatic carbocycles. The number of rotatable bonds is 10. The first-order chi connectivity index (χ1) is 19.3. The highest BCUT2D eigenvalue weighted by molar-refractivity contribution is 6.48. The van der Waals surface area contributed by atoms with Crippen molar-refractivity contribution in [3.05, 3.63) is 64.7 Å². The van der Waals surface area contributed by atoms with E-state index >= 15 is 0 Å². The largest absolute Gasteiger partial charge is 0.496 e. The molecule has 6 rings (SSSR count). The second kappa shape index (κ2) is 10.9. The van der Waals surface area contributed by atoms with Gasteiger partial charge in [0.1, 0.15) is 11.3 Å². The molecule has 3 aliphatic carbocycles. The lowest BCUT2D eigenvalue weighted by Gasteiger charge is -2.64. The van der Waals surface area contributed by atoms with Gasteiger partial charge in [-0.3, -0.25) is 9.59 Å². The summed E-state index contributed by atoms with van der Waals surface area (Å²) in [5.41, 5.74) is 7.78.